The van der Waals surface area contributed by atoms with E-state index in [0.717, 1.165) is 23.0 Å². The predicted molar refractivity (Wildman–Crippen MR) is 65.9 cm³/mol. The van der Waals surface area contributed by atoms with Gasteiger partial charge in [-0.15, -0.1) is 0 Å². The zero-order chi connectivity index (χ0) is 11.7. The Morgan fingerprint density at radius 3 is 2.94 bits per heavy atom. The van der Waals surface area contributed by atoms with Crippen LogP contribution in [0.4, 0.5) is 0 Å². The van der Waals surface area contributed by atoms with Crippen molar-refractivity contribution in [2.45, 2.75) is 18.4 Å². The van der Waals surface area contributed by atoms with Gasteiger partial charge in [0.05, 0.1) is 18.2 Å². The largest absolute Gasteiger partial charge is 0.390 e. The molecule has 3 nitrogen and oxygen atoms in total. The van der Waals surface area contributed by atoms with Gasteiger partial charge in [0, 0.05) is 23.6 Å². The Bertz CT molecular complexity index is 526. The number of aliphatic hydroxyl groups is 1. The molecule has 0 aliphatic carbocycles. The van der Waals surface area contributed by atoms with Crippen molar-refractivity contribution in [1.82, 2.24) is 4.98 Å². The summed E-state index contributed by atoms with van der Waals surface area (Å²) >= 11 is 0. The van der Waals surface area contributed by atoms with E-state index in [2.05, 4.69) is 11.1 Å². The Kier molecular flexibility index (Phi) is 2.79. The molecule has 0 bridgehead atoms. The second-order valence-corrected chi connectivity index (χ2v) is 4.47. The van der Waals surface area contributed by atoms with Gasteiger partial charge >= 0.3 is 0 Å². The molecule has 17 heavy (non-hydrogen) atoms. The van der Waals surface area contributed by atoms with Crippen molar-refractivity contribution in [3.63, 3.8) is 0 Å². The quantitative estimate of drug-likeness (QED) is 0.814. The van der Waals surface area contributed by atoms with E-state index in [0.29, 0.717) is 13.2 Å². The number of nitrogens with zero attached hydrogens (tertiary/aromatic N) is 1. The van der Waals surface area contributed by atoms with Crippen molar-refractivity contribution in [2.75, 3.05) is 13.2 Å². The van der Waals surface area contributed by atoms with Crippen LogP contribution < -0.4 is 0 Å². The highest BCUT2D eigenvalue weighted by molar-refractivity contribution is 5.78. The lowest BCUT2D eigenvalue weighted by molar-refractivity contribution is -0.0213. The Morgan fingerprint density at radius 1 is 1.18 bits per heavy atom. The highest BCUT2D eigenvalue weighted by Gasteiger charge is 2.26. The molecule has 1 aromatic carbocycles. The standard InChI is InChI=1S/C14H15NO2/c16-14-9-17-8-7-11(14)13-6-5-10-3-1-2-4-12(10)15-13/h1-6,11,14,16H,7-9H2/t11-,14-/m0/s1. The van der Waals surface area contributed by atoms with E-state index in [-0.39, 0.29) is 5.92 Å². The van der Waals surface area contributed by atoms with Crippen LogP contribution in [0.2, 0.25) is 0 Å². The van der Waals surface area contributed by atoms with Crippen molar-refractivity contribution in [1.29, 1.82) is 0 Å². The summed E-state index contributed by atoms with van der Waals surface area (Å²) in [6.45, 7) is 1.12. The van der Waals surface area contributed by atoms with Crippen molar-refractivity contribution in [2.24, 2.45) is 0 Å². The van der Waals surface area contributed by atoms with Crippen molar-refractivity contribution in [3.05, 3.63) is 42.1 Å². The van der Waals surface area contributed by atoms with Crippen LogP contribution in [0.3, 0.4) is 0 Å². The summed E-state index contributed by atoms with van der Waals surface area (Å²) < 4.78 is 5.24. The minimum Gasteiger partial charge on any atom is -0.390 e. The molecule has 0 saturated carbocycles. The van der Waals surface area contributed by atoms with Gasteiger partial charge in [0.2, 0.25) is 0 Å². The molecule has 3 rings (SSSR count). The fourth-order valence-corrected chi connectivity index (χ4v) is 2.36. The first-order valence-electron chi connectivity index (χ1n) is 5.96. The molecule has 1 fully saturated rings. The normalized spacial score (nSPS) is 25.0. The Morgan fingerprint density at radius 2 is 2.06 bits per heavy atom. The molecule has 2 heterocycles. The van der Waals surface area contributed by atoms with Gasteiger partial charge < -0.3 is 9.84 Å². The van der Waals surface area contributed by atoms with Crippen molar-refractivity contribution in [3.8, 4) is 0 Å². The average molecular weight is 229 g/mol. The number of ether oxygens (including phenoxy) is 1. The van der Waals surface area contributed by atoms with Crippen LogP contribution in [0.25, 0.3) is 10.9 Å². The molecule has 1 saturated heterocycles. The first-order valence-corrected chi connectivity index (χ1v) is 5.96. The average Bonchev–Trinajstić information content (AvgIpc) is 2.39. The molecule has 0 amide bonds. The molecule has 1 aliphatic rings. The lowest BCUT2D eigenvalue weighted by atomic mass is 9.93. The van der Waals surface area contributed by atoms with E-state index in [1.54, 1.807) is 0 Å². The summed E-state index contributed by atoms with van der Waals surface area (Å²) in [7, 11) is 0. The smallest absolute Gasteiger partial charge is 0.0857 e. The third kappa shape index (κ3) is 2.04. The molecule has 3 heteroatoms. The molecule has 1 N–H and O–H groups in total. The van der Waals surface area contributed by atoms with Crippen LogP contribution in [0.5, 0.6) is 0 Å². The van der Waals surface area contributed by atoms with Gasteiger partial charge in [-0.3, -0.25) is 4.98 Å². The third-order valence-corrected chi connectivity index (χ3v) is 3.33. The van der Waals surface area contributed by atoms with Crippen LogP contribution in [0.1, 0.15) is 18.0 Å². The minimum atomic E-state index is -0.433. The van der Waals surface area contributed by atoms with E-state index >= 15 is 0 Å². The molecule has 0 spiro atoms. The molecule has 1 aromatic heterocycles. The lowest BCUT2D eigenvalue weighted by Crippen LogP contribution is -2.31. The second kappa shape index (κ2) is 4.43. The van der Waals surface area contributed by atoms with Gasteiger partial charge in [-0.1, -0.05) is 24.3 Å². The molecular formula is C14H15NO2. The third-order valence-electron chi connectivity index (χ3n) is 3.33. The number of hydrogen-bond donors (Lipinski definition) is 1. The van der Waals surface area contributed by atoms with E-state index in [1.807, 2.05) is 30.3 Å². The SMILES string of the molecule is O[C@H]1COCC[C@H]1c1ccc2ccccc2n1. The highest BCUT2D eigenvalue weighted by atomic mass is 16.5. The summed E-state index contributed by atoms with van der Waals surface area (Å²) in [5, 5.41) is 11.1. The van der Waals surface area contributed by atoms with Crippen LogP contribution in [0.15, 0.2) is 36.4 Å². The molecule has 1 aliphatic heterocycles. The van der Waals surface area contributed by atoms with E-state index in [4.69, 9.17) is 4.74 Å². The Balaban J connectivity index is 1.99. The topological polar surface area (TPSA) is 42.4 Å². The number of hydrogen-bond acceptors (Lipinski definition) is 3. The number of aromatic nitrogens is 1. The van der Waals surface area contributed by atoms with Crippen molar-refractivity contribution < 1.29 is 9.84 Å². The monoisotopic (exact) mass is 229 g/mol. The summed E-state index contributed by atoms with van der Waals surface area (Å²) in [4.78, 5) is 4.63. The maximum Gasteiger partial charge on any atom is 0.0857 e. The van der Waals surface area contributed by atoms with E-state index < -0.39 is 6.10 Å². The summed E-state index contributed by atoms with van der Waals surface area (Å²) in [5.41, 5.74) is 1.96. The van der Waals surface area contributed by atoms with Crippen LogP contribution in [-0.4, -0.2) is 29.4 Å². The summed E-state index contributed by atoms with van der Waals surface area (Å²) in [5.74, 6) is 0.105. The second-order valence-electron chi connectivity index (χ2n) is 4.47. The Labute approximate surface area is 100 Å². The molecule has 2 aromatic rings. The van der Waals surface area contributed by atoms with Gasteiger partial charge in [-0.05, 0) is 18.6 Å². The zero-order valence-electron chi connectivity index (χ0n) is 9.54. The fraction of sp³-hybridized carbons (Fsp3) is 0.357. The fourth-order valence-electron chi connectivity index (χ4n) is 2.36. The van der Waals surface area contributed by atoms with E-state index in [1.165, 1.54) is 0 Å². The molecular weight excluding hydrogens is 214 g/mol. The predicted octanol–water partition coefficient (Wildman–Crippen LogP) is 2.10. The van der Waals surface area contributed by atoms with Crippen LogP contribution in [-0.2, 0) is 4.74 Å². The number of aliphatic hydroxyl groups excluding tert-OH is 1. The molecule has 0 unspecified atom stereocenters. The number of rotatable bonds is 1. The highest BCUT2D eigenvalue weighted by Crippen LogP contribution is 2.27. The maximum atomic E-state index is 9.93. The molecule has 0 radical (unpaired) electrons. The first-order chi connectivity index (χ1) is 8.34. The zero-order valence-corrected chi connectivity index (χ0v) is 9.54. The number of para-hydroxylation sites is 1. The summed E-state index contributed by atoms with van der Waals surface area (Å²) in [6, 6.07) is 12.1. The van der Waals surface area contributed by atoms with Gasteiger partial charge in [-0.25, -0.2) is 0 Å². The maximum absolute atomic E-state index is 9.93. The number of pyridine rings is 1. The lowest BCUT2D eigenvalue weighted by Gasteiger charge is -2.27. The molecule has 88 valence electrons. The van der Waals surface area contributed by atoms with Gasteiger partial charge in [0.1, 0.15) is 0 Å². The minimum absolute atomic E-state index is 0.105. The summed E-state index contributed by atoms with van der Waals surface area (Å²) in [6.07, 6.45) is 0.407. The Hall–Kier alpha value is -1.45. The van der Waals surface area contributed by atoms with Gasteiger partial charge in [0.15, 0.2) is 0 Å². The van der Waals surface area contributed by atoms with Gasteiger partial charge in [0.25, 0.3) is 0 Å². The van der Waals surface area contributed by atoms with E-state index in [9.17, 15) is 5.11 Å². The molecule has 2 atom stereocenters. The number of fused-ring (bicyclic) bond motifs is 1. The van der Waals surface area contributed by atoms with Crippen LogP contribution in [0, 0.1) is 0 Å². The van der Waals surface area contributed by atoms with Crippen LogP contribution >= 0.6 is 0 Å². The first kappa shape index (κ1) is 10.7. The van der Waals surface area contributed by atoms with Crippen molar-refractivity contribution >= 4 is 10.9 Å². The van der Waals surface area contributed by atoms with Gasteiger partial charge in [-0.2, -0.15) is 0 Å². The number of benzene rings is 1.